The first kappa shape index (κ1) is 8.34. The Morgan fingerprint density at radius 2 is 2.27 bits per heavy atom. The zero-order chi connectivity index (χ0) is 8.27. The first-order chi connectivity index (χ1) is 5.18. The number of nitrogens with one attached hydrogen (secondary N) is 1. The molecule has 0 aromatic carbocycles. The minimum absolute atomic E-state index is 0.480. The van der Waals surface area contributed by atoms with E-state index in [1.165, 1.54) is 5.57 Å². The van der Waals surface area contributed by atoms with Crippen molar-refractivity contribution in [3.05, 3.63) is 23.9 Å². The highest BCUT2D eigenvalue weighted by Gasteiger charge is 2.05. The molecular formula is C9H16N2. The third-order valence-corrected chi connectivity index (χ3v) is 1.68. The molecule has 62 valence electrons. The highest BCUT2D eigenvalue weighted by Crippen LogP contribution is 2.02. The standard InChI is InChI=1S/C9H16N2/c1-8-4-5-9(10-6-8)7-11(2)3/h4-6,9-10H,7H2,1-3H3. The predicted molar refractivity (Wildman–Crippen MR) is 48.4 cm³/mol. The van der Waals surface area contributed by atoms with Crippen molar-refractivity contribution < 1.29 is 0 Å². The van der Waals surface area contributed by atoms with Gasteiger partial charge in [0.15, 0.2) is 0 Å². The molecular weight excluding hydrogens is 136 g/mol. The topological polar surface area (TPSA) is 15.3 Å². The molecule has 0 aliphatic carbocycles. The lowest BCUT2D eigenvalue weighted by Crippen LogP contribution is -2.35. The SMILES string of the molecule is CC1=CNC(CN(C)C)C=C1. The van der Waals surface area contributed by atoms with Crippen molar-refractivity contribution in [2.24, 2.45) is 0 Å². The van der Waals surface area contributed by atoms with Crippen LogP contribution in [0, 0.1) is 0 Å². The predicted octanol–water partition coefficient (Wildman–Crippen LogP) is 0.980. The molecule has 1 atom stereocenters. The Morgan fingerprint density at radius 1 is 1.55 bits per heavy atom. The maximum atomic E-state index is 3.31. The largest absolute Gasteiger partial charge is 0.383 e. The van der Waals surface area contributed by atoms with Crippen LogP contribution < -0.4 is 5.32 Å². The Bertz CT molecular complexity index is 180. The van der Waals surface area contributed by atoms with Crippen LogP contribution in [0.3, 0.4) is 0 Å². The highest BCUT2D eigenvalue weighted by molar-refractivity contribution is 5.21. The smallest absolute Gasteiger partial charge is 0.0569 e. The Kier molecular flexibility index (Phi) is 2.71. The summed E-state index contributed by atoms with van der Waals surface area (Å²) in [5, 5.41) is 3.31. The number of likely N-dealkylation sites (N-methyl/N-ethyl adjacent to an activating group) is 1. The van der Waals surface area contributed by atoms with Crippen LogP contribution in [0.1, 0.15) is 6.92 Å². The normalized spacial score (nSPS) is 23.3. The van der Waals surface area contributed by atoms with Crippen molar-refractivity contribution >= 4 is 0 Å². The summed E-state index contributed by atoms with van der Waals surface area (Å²) in [5.41, 5.74) is 1.29. The van der Waals surface area contributed by atoms with E-state index in [1.807, 2.05) is 0 Å². The van der Waals surface area contributed by atoms with Crippen molar-refractivity contribution in [3.8, 4) is 0 Å². The molecule has 2 heteroatoms. The fourth-order valence-electron chi connectivity index (χ4n) is 1.12. The van der Waals surface area contributed by atoms with Crippen LogP contribution in [-0.2, 0) is 0 Å². The molecule has 0 bridgehead atoms. The number of allylic oxidation sites excluding steroid dienone is 2. The minimum Gasteiger partial charge on any atom is -0.383 e. The van der Waals surface area contributed by atoms with Crippen molar-refractivity contribution in [1.82, 2.24) is 10.2 Å². The monoisotopic (exact) mass is 152 g/mol. The molecule has 1 N–H and O–H groups in total. The van der Waals surface area contributed by atoms with Gasteiger partial charge in [-0.1, -0.05) is 12.2 Å². The lowest BCUT2D eigenvalue weighted by atomic mass is 10.1. The molecule has 0 saturated heterocycles. The quantitative estimate of drug-likeness (QED) is 0.634. The van der Waals surface area contributed by atoms with Gasteiger partial charge in [-0.2, -0.15) is 0 Å². The minimum atomic E-state index is 0.480. The molecule has 0 radical (unpaired) electrons. The summed E-state index contributed by atoms with van der Waals surface area (Å²) in [6.07, 6.45) is 6.42. The van der Waals surface area contributed by atoms with Gasteiger partial charge in [-0.15, -0.1) is 0 Å². The van der Waals surface area contributed by atoms with Crippen molar-refractivity contribution in [1.29, 1.82) is 0 Å². The van der Waals surface area contributed by atoms with Crippen LogP contribution in [0.5, 0.6) is 0 Å². The Hall–Kier alpha value is -0.760. The zero-order valence-corrected chi connectivity index (χ0v) is 7.46. The number of rotatable bonds is 2. The highest BCUT2D eigenvalue weighted by atomic mass is 15.1. The average Bonchev–Trinajstić information content (AvgIpc) is 1.93. The van der Waals surface area contributed by atoms with Gasteiger partial charge in [-0.3, -0.25) is 0 Å². The molecule has 1 rings (SSSR count). The van der Waals surface area contributed by atoms with E-state index in [1.54, 1.807) is 0 Å². The van der Waals surface area contributed by atoms with Crippen molar-refractivity contribution in [2.75, 3.05) is 20.6 Å². The number of hydrogen-bond donors (Lipinski definition) is 1. The first-order valence-corrected chi connectivity index (χ1v) is 3.94. The van der Waals surface area contributed by atoms with Gasteiger partial charge in [-0.25, -0.2) is 0 Å². The van der Waals surface area contributed by atoms with Gasteiger partial charge < -0.3 is 10.2 Å². The fourth-order valence-corrected chi connectivity index (χ4v) is 1.12. The molecule has 0 aromatic rings. The molecule has 0 aromatic heterocycles. The van der Waals surface area contributed by atoms with Crippen LogP contribution >= 0.6 is 0 Å². The molecule has 1 aliphatic heterocycles. The average molecular weight is 152 g/mol. The molecule has 1 unspecified atom stereocenters. The van der Waals surface area contributed by atoms with E-state index in [4.69, 9.17) is 0 Å². The van der Waals surface area contributed by atoms with Crippen LogP contribution in [0.15, 0.2) is 23.9 Å². The molecule has 11 heavy (non-hydrogen) atoms. The molecule has 2 nitrogen and oxygen atoms in total. The van der Waals surface area contributed by atoms with E-state index in [2.05, 4.69) is 49.6 Å². The van der Waals surface area contributed by atoms with E-state index in [-0.39, 0.29) is 0 Å². The van der Waals surface area contributed by atoms with Crippen molar-refractivity contribution in [2.45, 2.75) is 13.0 Å². The first-order valence-electron chi connectivity index (χ1n) is 3.94. The summed E-state index contributed by atoms with van der Waals surface area (Å²) in [7, 11) is 4.17. The Balaban J connectivity index is 2.37. The third-order valence-electron chi connectivity index (χ3n) is 1.68. The van der Waals surface area contributed by atoms with E-state index in [0.717, 1.165) is 6.54 Å². The van der Waals surface area contributed by atoms with E-state index < -0.39 is 0 Å². The maximum Gasteiger partial charge on any atom is 0.0569 e. The molecule has 1 heterocycles. The molecule has 0 saturated carbocycles. The Labute approximate surface area is 68.6 Å². The van der Waals surface area contributed by atoms with E-state index >= 15 is 0 Å². The summed E-state index contributed by atoms with van der Waals surface area (Å²) >= 11 is 0. The Morgan fingerprint density at radius 3 is 2.73 bits per heavy atom. The second-order valence-corrected chi connectivity index (χ2v) is 3.28. The fraction of sp³-hybridized carbons (Fsp3) is 0.556. The van der Waals surface area contributed by atoms with Gasteiger partial charge in [0.25, 0.3) is 0 Å². The summed E-state index contributed by atoms with van der Waals surface area (Å²) in [6, 6.07) is 0.480. The van der Waals surface area contributed by atoms with Gasteiger partial charge in [-0.05, 0) is 32.8 Å². The van der Waals surface area contributed by atoms with Crippen molar-refractivity contribution in [3.63, 3.8) is 0 Å². The number of nitrogens with zero attached hydrogens (tertiary/aromatic N) is 1. The molecule has 0 amide bonds. The number of hydrogen-bond acceptors (Lipinski definition) is 2. The number of dihydropyridines is 1. The lowest BCUT2D eigenvalue weighted by Gasteiger charge is -2.20. The van der Waals surface area contributed by atoms with Crippen LogP contribution in [-0.4, -0.2) is 31.6 Å². The van der Waals surface area contributed by atoms with E-state index in [9.17, 15) is 0 Å². The summed E-state index contributed by atoms with van der Waals surface area (Å²) in [6.45, 7) is 3.15. The third kappa shape index (κ3) is 2.76. The summed E-state index contributed by atoms with van der Waals surface area (Å²) in [4.78, 5) is 2.18. The summed E-state index contributed by atoms with van der Waals surface area (Å²) < 4.78 is 0. The van der Waals surface area contributed by atoms with Gasteiger partial charge in [0, 0.05) is 6.54 Å². The van der Waals surface area contributed by atoms with Crippen LogP contribution in [0.2, 0.25) is 0 Å². The van der Waals surface area contributed by atoms with Gasteiger partial charge in [0.2, 0.25) is 0 Å². The molecule has 0 fully saturated rings. The van der Waals surface area contributed by atoms with Crippen LogP contribution in [0.25, 0.3) is 0 Å². The van der Waals surface area contributed by atoms with Crippen LogP contribution in [0.4, 0.5) is 0 Å². The molecule has 1 aliphatic rings. The van der Waals surface area contributed by atoms with E-state index in [0.29, 0.717) is 6.04 Å². The molecule has 0 spiro atoms. The zero-order valence-electron chi connectivity index (χ0n) is 7.46. The second-order valence-electron chi connectivity index (χ2n) is 3.28. The van der Waals surface area contributed by atoms with Gasteiger partial charge >= 0.3 is 0 Å². The lowest BCUT2D eigenvalue weighted by molar-refractivity contribution is 0.379. The van der Waals surface area contributed by atoms with Gasteiger partial charge in [0.05, 0.1) is 6.04 Å². The summed E-state index contributed by atoms with van der Waals surface area (Å²) in [5.74, 6) is 0. The second kappa shape index (κ2) is 3.58. The van der Waals surface area contributed by atoms with Gasteiger partial charge in [0.1, 0.15) is 0 Å². The maximum absolute atomic E-state index is 3.31.